The summed E-state index contributed by atoms with van der Waals surface area (Å²) in [6.07, 6.45) is -0.951. The number of hydrogen-bond donors (Lipinski definition) is 6. The van der Waals surface area contributed by atoms with Gasteiger partial charge in [-0.05, 0) is 12.3 Å². The molecule has 0 rings (SSSR count). The van der Waals surface area contributed by atoms with Crippen molar-refractivity contribution in [1.29, 1.82) is 0 Å². The Morgan fingerprint density at radius 3 is 1.96 bits per heavy atom. The predicted octanol–water partition coefficient (Wildman–Crippen LogP) is -1.25. The minimum atomic E-state index is -1.44. The molecule has 11 heteroatoms. The van der Waals surface area contributed by atoms with Gasteiger partial charge in [-0.1, -0.05) is 20.3 Å². The molecule has 26 heavy (non-hydrogen) atoms. The van der Waals surface area contributed by atoms with Crippen molar-refractivity contribution in [2.75, 3.05) is 0 Å². The van der Waals surface area contributed by atoms with Crippen LogP contribution in [0.5, 0.6) is 0 Å². The normalized spacial score (nSPS) is 15.2. The van der Waals surface area contributed by atoms with Gasteiger partial charge in [0, 0.05) is 6.42 Å². The maximum absolute atomic E-state index is 12.4. The van der Waals surface area contributed by atoms with Gasteiger partial charge in [0.05, 0.1) is 12.5 Å². The topological polar surface area (TPSA) is 196 Å². The molecule has 0 aliphatic heterocycles. The standard InChI is InChI=1S/C15H25N3O8/c1-3-7(2)12(18-13(23)8(16)6-11(21)22)14(24)17-9(15(25)26)4-5-10(19)20/h7-9,12H,3-6,16H2,1-2H3,(H,17,24)(H,18,23)(H,19,20)(H,21,22)(H,25,26)/t7-,8-,9-,12-/m0/s1. The lowest BCUT2D eigenvalue weighted by atomic mass is 9.97. The highest BCUT2D eigenvalue weighted by Crippen LogP contribution is 2.10. The highest BCUT2D eigenvalue weighted by atomic mass is 16.4. The summed E-state index contributed by atoms with van der Waals surface area (Å²) in [4.78, 5) is 56.7. The Morgan fingerprint density at radius 1 is 0.962 bits per heavy atom. The maximum Gasteiger partial charge on any atom is 0.326 e. The second-order valence-electron chi connectivity index (χ2n) is 5.91. The van der Waals surface area contributed by atoms with Crippen LogP contribution in [-0.4, -0.2) is 63.2 Å². The first kappa shape index (κ1) is 23.3. The van der Waals surface area contributed by atoms with Crippen molar-refractivity contribution in [2.24, 2.45) is 11.7 Å². The molecule has 0 aromatic rings. The van der Waals surface area contributed by atoms with E-state index in [9.17, 15) is 24.0 Å². The van der Waals surface area contributed by atoms with Crippen LogP contribution in [0.2, 0.25) is 0 Å². The number of aliphatic carboxylic acids is 3. The Kier molecular flexibility index (Phi) is 9.89. The summed E-state index contributed by atoms with van der Waals surface area (Å²) in [6, 6.07) is -3.94. The van der Waals surface area contributed by atoms with E-state index in [-0.39, 0.29) is 6.42 Å². The van der Waals surface area contributed by atoms with Crippen LogP contribution in [0.3, 0.4) is 0 Å². The molecule has 0 bridgehead atoms. The smallest absolute Gasteiger partial charge is 0.326 e. The van der Waals surface area contributed by atoms with Gasteiger partial charge >= 0.3 is 17.9 Å². The molecule has 4 atom stereocenters. The van der Waals surface area contributed by atoms with E-state index in [4.69, 9.17) is 21.1 Å². The van der Waals surface area contributed by atoms with E-state index in [1.54, 1.807) is 13.8 Å². The molecule has 7 N–H and O–H groups in total. The molecule has 0 spiro atoms. The fourth-order valence-corrected chi connectivity index (χ4v) is 2.03. The third-order valence-corrected chi connectivity index (χ3v) is 3.79. The lowest BCUT2D eigenvalue weighted by molar-refractivity contribution is -0.144. The van der Waals surface area contributed by atoms with Crippen molar-refractivity contribution >= 4 is 29.7 Å². The Balaban J connectivity index is 5.12. The Bertz CT molecular complexity index is 551. The van der Waals surface area contributed by atoms with Gasteiger partial charge in [-0.3, -0.25) is 19.2 Å². The molecule has 0 aliphatic rings. The quantitative estimate of drug-likeness (QED) is 0.241. The van der Waals surface area contributed by atoms with Crippen molar-refractivity contribution in [2.45, 2.75) is 57.7 Å². The molecule has 0 radical (unpaired) electrons. The molecule has 0 unspecified atom stereocenters. The van der Waals surface area contributed by atoms with Crippen LogP contribution in [0.4, 0.5) is 0 Å². The number of carbonyl (C=O) groups excluding carboxylic acids is 2. The van der Waals surface area contributed by atoms with Crippen molar-refractivity contribution in [1.82, 2.24) is 10.6 Å². The van der Waals surface area contributed by atoms with Crippen LogP contribution in [0.15, 0.2) is 0 Å². The van der Waals surface area contributed by atoms with Gasteiger partial charge in [-0.15, -0.1) is 0 Å². The molecule has 148 valence electrons. The largest absolute Gasteiger partial charge is 0.481 e. The van der Waals surface area contributed by atoms with E-state index in [2.05, 4.69) is 10.6 Å². The van der Waals surface area contributed by atoms with Crippen LogP contribution in [0, 0.1) is 5.92 Å². The first-order chi connectivity index (χ1) is 12.0. The fourth-order valence-electron chi connectivity index (χ4n) is 2.03. The highest BCUT2D eigenvalue weighted by molar-refractivity contribution is 5.93. The lowest BCUT2D eigenvalue weighted by Gasteiger charge is -2.26. The van der Waals surface area contributed by atoms with Crippen LogP contribution in [0.1, 0.15) is 39.5 Å². The number of rotatable bonds is 12. The van der Waals surface area contributed by atoms with Crippen molar-refractivity contribution in [3.8, 4) is 0 Å². The zero-order valence-electron chi connectivity index (χ0n) is 14.6. The van der Waals surface area contributed by atoms with Crippen LogP contribution in [0.25, 0.3) is 0 Å². The third-order valence-electron chi connectivity index (χ3n) is 3.79. The molecule has 0 heterocycles. The van der Waals surface area contributed by atoms with Gasteiger partial charge in [-0.25, -0.2) is 4.79 Å². The van der Waals surface area contributed by atoms with Gasteiger partial charge in [-0.2, -0.15) is 0 Å². The van der Waals surface area contributed by atoms with Gasteiger partial charge in [0.25, 0.3) is 0 Å². The van der Waals surface area contributed by atoms with E-state index in [1.807, 2.05) is 0 Å². The minimum absolute atomic E-state index is 0.323. The van der Waals surface area contributed by atoms with Crippen molar-refractivity contribution in [3.05, 3.63) is 0 Å². The first-order valence-electron chi connectivity index (χ1n) is 8.02. The highest BCUT2D eigenvalue weighted by Gasteiger charge is 2.31. The minimum Gasteiger partial charge on any atom is -0.481 e. The van der Waals surface area contributed by atoms with E-state index < -0.39 is 66.6 Å². The molecular weight excluding hydrogens is 350 g/mol. The van der Waals surface area contributed by atoms with E-state index in [0.717, 1.165) is 0 Å². The molecule has 0 aliphatic carbocycles. The summed E-state index contributed by atoms with van der Waals surface area (Å²) >= 11 is 0. The van der Waals surface area contributed by atoms with Gasteiger partial charge < -0.3 is 31.7 Å². The third kappa shape index (κ3) is 8.42. The van der Waals surface area contributed by atoms with E-state index in [0.29, 0.717) is 6.42 Å². The van der Waals surface area contributed by atoms with Crippen LogP contribution >= 0.6 is 0 Å². The summed E-state index contributed by atoms with van der Waals surface area (Å²) in [5.41, 5.74) is 5.45. The number of hydrogen-bond acceptors (Lipinski definition) is 6. The predicted molar refractivity (Wildman–Crippen MR) is 88.1 cm³/mol. The average molecular weight is 375 g/mol. The van der Waals surface area contributed by atoms with Crippen LogP contribution < -0.4 is 16.4 Å². The number of nitrogens with two attached hydrogens (primary N) is 1. The fraction of sp³-hybridized carbons (Fsp3) is 0.667. The number of nitrogens with one attached hydrogen (secondary N) is 2. The van der Waals surface area contributed by atoms with E-state index >= 15 is 0 Å². The molecule has 0 aromatic carbocycles. The summed E-state index contributed by atoms with van der Waals surface area (Å²) in [5.74, 6) is -5.96. The second-order valence-corrected chi connectivity index (χ2v) is 5.91. The summed E-state index contributed by atoms with van der Waals surface area (Å²) in [6.45, 7) is 3.38. The zero-order valence-corrected chi connectivity index (χ0v) is 14.6. The Hall–Kier alpha value is -2.69. The summed E-state index contributed by atoms with van der Waals surface area (Å²) < 4.78 is 0. The van der Waals surface area contributed by atoms with E-state index in [1.165, 1.54) is 0 Å². The molecular formula is C15H25N3O8. The maximum atomic E-state index is 12.4. The molecule has 2 amide bonds. The zero-order chi connectivity index (χ0) is 20.4. The van der Waals surface area contributed by atoms with Crippen LogP contribution in [-0.2, 0) is 24.0 Å². The number of carboxylic acid groups (broad SMARTS) is 3. The summed E-state index contributed by atoms with van der Waals surface area (Å²) in [5, 5.41) is 30.9. The van der Waals surface area contributed by atoms with Crippen molar-refractivity contribution in [3.63, 3.8) is 0 Å². The SMILES string of the molecule is CC[C@H](C)[C@H](NC(=O)[C@@H](N)CC(=O)O)C(=O)N[C@@H](CCC(=O)O)C(=O)O. The number of carbonyl (C=O) groups is 5. The second kappa shape index (κ2) is 11.0. The molecule has 0 aromatic heterocycles. The number of amides is 2. The first-order valence-corrected chi connectivity index (χ1v) is 8.02. The monoisotopic (exact) mass is 375 g/mol. The molecule has 11 nitrogen and oxygen atoms in total. The van der Waals surface area contributed by atoms with Gasteiger partial charge in [0.15, 0.2) is 0 Å². The Morgan fingerprint density at radius 2 is 1.54 bits per heavy atom. The summed E-state index contributed by atoms with van der Waals surface area (Å²) in [7, 11) is 0. The molecule has 0 saturated heterocycles. The molecule has 0 fully saturated rings. The Labute approximate surface area is 149 Å². The van der Waals surface area contributed by atoms with Crippen molar-refractivity contribution < 1.29 is 39.3 Å². The van der Waals surface area contributed by atoms with Gasteiger partial charge in [0.2, 0.25) is 11.8 Å². The van der Waals surface area contributed by atoms with Gasteiger partial charge in [0.1, 0.15) is 12.1 Å². The number of carboxylic acids is 3. The molecule has 0 saturated carbocycles. The lowest BCUT2D eigenvalue weighted by Crippen LogP contribution is -2.56. The average Bonchev–Trinajstić information content (AvgIpc) is 2.53.